The topological polar surface area (TPSA) is 63.5 Å². The fourth-order valence-corrected chi connectivity index (χ4v) is 3.61. The third-order valence-electron chi connectivity index (χ3n) is 5.19. The number of aliphatic imine (C=N–C) groups is 1. The van der Waals surface area contributed by atoms with Crippen LogP contribution in [0.2, 0.25) is 0 Å². The first kappa shape index (κ1) is 20.7. The first-order chi connectivity index (χ1) is 12.6. The summed E-state index contributed by atoms with van der Waals surface area (Å²) in [6, 6.07) is 0. The fraction of sp³-hybridized carbons (Fsp3) is 0.800. The van der Waals surface area contributed by atoms with E-state index >= 15 is 0 Å². The smallest absolute Gasteiger partial charge is 0.191 e. The van der Waals surface area contributed by atoms with Crippen LogP contribution in [-0.2, 0) is 18.2 Å². The maximum absolute atomic E-state index is 6.03. The van der Waals surface area contributed by atoms with Crippen LogP contribution in [0.4, 0.5) is 0 Å². The van der Waals surface area contributed by atoms with Crippen LogP contribution in [0.5, 0.6) is 0 Å². The van der Waals surface area contributed by atoms with Gasteiger partial charge in [-0.25, -0.2) is 0 Å². The molecule has 0 aliphatic heterocycles. The second-order valence-corrected chi connectivity index (χ2v) is 7.19. The minimum absolute atomic E-state index is 0.444. The first-order valence-corrected chi connectivity index (χ1v) is 10.2. The average Bonchev–Trinajstić information content (AvgIpc) is 2.81. The third-order valence-corrected chi connectivity index (χ3v) is 5.19. The summed E-state index contributed by atoms with van der Waals surface area (Å²) in [6.07, 6.45) is 9.17. The molecule has 1 aromatic rings. The van der Waals surface area contributed by atoms with Crippen molar-refractivity contribution < 1.29 is 4.74 Å². The lowest BCUT2D eigenvalue weighted by Gasteiger charge is -2.15. The molecule has 1 heterocycles. The van der Waals surface area contributed by atoms with E-state index in [1.165, 1.54) is 49.8 Å². The van der Waals surface area contributed by atoms with Crippen molar-refractivity contribution in [3.63, 3.8) is 0 Å². The second-order valence-electron chi connectivity index (χ2n) is 7.19. The van der Waals surface area contributed by atoms with Crippen LogP contribution in [0, 0.1) is 13.8 Å². The van der Waals surface area contributed by atoms with Crippen molar-refractivity contribution in [1.82, 2.24) is 20.4 Å². The molecule has 6 heteroatoms. The van der Waals surface area contributed by atoms with Gasteiger partial charge in [0.15, 0.2) is 5.96 Å². The van der Waals surface area contributed by atoms with Gasteiger partial charge in [0, 0.05) is 25.8 Å². The fourth-order valence-electron chi connectivity index (χ4n) is 3.61. The monoisotopic (exact) mass is 363 g/mol. The van der Waals surface area contributed by atoms with E-state index in [1.807, 2.05) is 11.7 Å². The van der Waals surface area contributed by atoms with Gasteiger partial charge < -0.3 is 15.4 Å². The molecule has 0 aromatic carbocycles. The molecule has 148 valence electrons. The van der Waals surface area contributed by atoms with Gasteiger partial charge in [0.05, 0.1) is 24.9 Å². The maximum Gasteiger partial charge on any atom is 0.191 e. The average molecular weight is 364 g/mol. The van der Waals surface area contributed by atoms with Gasteiger partial charge in [-0.3, -0.25) is 9.67 Å². The molecule has 2 N–H and O–H groups in total. The summed E-state index contributed by atoms with van der Waals surface area (Å²) in [5.74, 6) is 0.871. The van der Waals surface area contributed by atoms with Gasteiger partial charge in [0.2, 0.25) is 0 Å². The van der Waals surface area contributed by atoms with Crippen LogP contribution in [-0.4, -0.2) is 48.1 Å². The minimum atomic E-state index is 0.444. The van der Waals surface area contributed by atoms with E-state index in [9.17, 15) is 0 Å². The molecular weight excluding hydrogens is 326 g/mol. The molecular formula is C20H37N5O. The van der Waals surface area contributed by atoms with Crippen LogP contribution >= 0.6 is 0 Å². The van der Waals surface area contributed by atoms with Crippen molar-refractivity contribution in [1.29, 1.82) is 0 Å². The molecule has 2 rings (SSSR count). The summed E-state index contributed by atoms with van der Waals surface area (Å²) in [7, 11) is 2.00. The van der Waals surface area contributed by atoms with Gasteiger partial charge in [-0.15, -0.1) is 0 Å². The van der Waals surface area contributed by atoms with Crippen molar-refractivity contribution >= 4 is 5.96 Å². The van der Waals surface area contributed by atoms with E-state index in [0.717, 1.165) is 31.2 Å². The van der Waals surface area contributed by atoms with E-state index in [1.54, 1.807) is 0 Å². The Labute approximate surface area is 158 Å². The van der Waals surface area contributed by atoms with Crippen molar-refractivity contribution in [3.05, 3.63) is 17.0 Å². The van der Waals surface area contributed by atoms with Crippen LogP contribution in [0.3, 0.4) is 0 Å². The van der Waals surface area contributed by atoms with Gasteiger partial charge in [-0.05, 0) is 45.6 Å². The third kappa shape index (κ3) is 6.63. The summed E-state index contributed by atoms with van der Waals surface area (Å²) in [5, 5.41) is 11.2. The molecule has 0 saturated heterocycles. The van der Waals surface area contributed by atoms with Crippen molar-refractivity contribution in [2.75, 3.05) is 26.2 Å². The lowest BCUT2D eigenvalue weighted by molar-refractivity contribution is 0.0487. The Morgan fingerprint density at radius 3 is 2.54 bits per heavy atom. The second kappa shape index (κ2) is 11.2. The summed E-state index contributed by atoms with van der Waals surface area (Å²) in [6.45, 7) is 9.42. The van der Waals surface area contributed by atoms with Gasteiger partial charge in [-0.1, -0.05) is 25.7 Å². The van der Waals surface area contributed by atoms with E-state index in [4.69, 9.17) is 4.74 Å². The van der Waals surface area contributed by atoms with Crippen LogP contribution < -0.4 is 10.6 Å². The summed E-state index contributed by atoms with van der Waals surface area (Å²) >= 11 is 0. The Morgan fingerprint density at radius 2 is 1.92 bits per heavy atom. The molecule has 0 bridgehead atoms. The van der Waals surface area contributed by atoms with Gasteiger partial charge in [0.1, 0.15) is 0 Å². The zero-order valence-corrected chi connectivity index (χ0v) is 17.1. The Bertz CT molecular complexity index is 559. The summed E-state index contributed by atoms with van der Waals surface area (Å²) in [5.41, 5.74) is 3.68. The highest BCUT2D eigenvalue weighted by Gasteiger charge is 2.12. The Morgan fingerprint density at radius 1 is 1.19 bits per heavy atom. The van der Waals surface area contributed by atoms with Gasteiger partial charge in [0.25, 0.3) is 0 Å². The first-order valence-electron chi connectivity index (χ1n) is 10.2. The Balaban J connectivity index is 1.73. The summed E-state index contributed by atoms with van der Waals surface area (Å²) < 4.78 is 7.98. The highest BCUT2D eigenvalue weighted by Crippen LogP contribution is 2.19. The largest absolute Gasteiger partial charge is 0.376 e. The molecule has 1 aromatic heterocycles. The van der Waals surface area contributed by atoms with E-state index < -0.39 is 0 Å². The van der Waals surface area contributed by atoms with Crippen molar-refractivity contribution in [2.24, 2.45) is 12.0 Å². The number of aryl methyl sites for hydroxylation is 2. The molecule has 0 radical (unpaired) electrons. The number of nitrogens with zero attached hydrogens (tertiary/aromatic N) is 3. The molecule has 1 aliphatic carbocycles. The SMILES string of the molecule is CCNC(=NCCOC1CCCCCC1)NCCc1c(C)nn(C)c1C. The molecule has 1 aliphatic rings. The lowest BCUT2D eigenvalue weighted by Crippen LogP contribution is -2.38. The molecule has 1 fully saturated rings. The number of rotatable bonds is 8. The molecule has 0 atom stereocenters. The number of nitrogens with one attached hydrogen (secondary N) is 2. The summed E-state index contributed by atoms with van der Waals surface area (Å²) in [4.78, 5) is 4.65. The minimum Gasteiger partial charge on any atom is -0.376 e. The predicted molar refractivity (Wildman–Crippen MR) is 108 cm³/mol. The van der Waals surface area contributed by atoms with Crippen LogP contribution in [0.25, 0.3) is 0 Å². The number of aromatic nitrogens is 2. The lowest BCUT2D eigenvalue weighted by atomic mass is 10.1. The number of hydrogen-bond acceptors (Lipinski definition) is 3. The van der Waals surface area contributed by atoms with Crippen LogP contribution in [0.15, 0.2) is 4.99 Å². The standard InChI is InChI=1S/C20H37N5O/c1-5-21-20(22-13-12-19-16(2)24-25(4)17(19)3)23-14-15-26-18-10-8-6-7-9-11-18/h18H,5-15H2,1-4H3,(H2,21,22,23). The molecule has 0 spiro atoms. The number of hydrogen-bond donors (Lipinski definition) is 2. The zero-order chi connectivity index (χ0) is 18.8. The number of guanidine groups is 1. The van der Waals surface area contributed by atoms with Crippen LogP contribution in [0.1, 0.15) is 62.4 Å². The van der Waals surface area contributed by atoms with Crippen molar-refractivity contribution in [3.8, 4) is 0 Å². The highest BCUT2D eigenvalue weighted by atomic mass is 16.5. The Hall–Kier alpha value is -1.56. The molecule has 26 heavy (non-hydrogen) atoms. The molecule has 0 unspecified atom stereocenters. The van der Waals surface area contributed by atoms with E-state index in [2.05, 4.69) is 41.5 Å². The van der Waals surface area contributed by atoms with E-state index in [-0.39, 0.29) is 0 Å². The highest BCUT2D eigenvalue weighted by molar-refractivity contribution is 5.79. The molecule has 6 nitrogen and oxygen atoms in total. The quantitative estimate of drug-likeness (QED) is 0.323. The maximum atomic E-state index is 6.03. The zero-order valence-electron chi connectivity index (χ0n) is 17.1. The molecule has 1 saturated carbocycles. The van der Waals surface area contributed by atoms with E-state index in [0.29, 0.717) is 19.3 Å². The van der Waals surface area contributed by atoms with Gasteiger partial charge >= 0.3 is 0 Å². The number of ether oxygens (including phenoxy) is 1. The molecule has 0 amide bonds. The van der Waals surface area contributed by atoms with Crippen molar-refractivity contribution in [2.45, 2.75) is 71.8 Å². The Kier molecular flexibility index (Phi) is 8.95. The normalized spacial score (nSPS) is 16.5. The van der Waals surface area contributed by atoms with Gasteiger partial charge in [-0.2, -0.15) is 5.10 Å². The predicted octanol–water partition coefficient (Wildman–Crippen LogP) is 2.87.